The van der Waals surface area contributed by atoms with E-state index in [-0.39, 0.29) is 6.42 Å². The summed E-state index contributed by atoms with van der Waals surface area (Å²) in [6.07, 6.45) is 0.0226. The molecule has 0 aliphatic rings. The monoisotopic (exact) mass is 322 g/mol. The van der Waals surface area contributed by atoms with Crippen LogP contribution >= 0.6 is 0 Å². The van der Waals surface area contributed by atoms with E-state index in [1.165, 1.54) is 0 Å². The van der Waals surface area contributed by atoms with Gasteiger partial charge in [-0.2, -0.15) is 0 Å². The molecule has 0 saturated heterocycles. The number of aromatic nitrogens is 1. The molecule has 0 fully saturated rings. The number of carbonyl (C=O) groups is 1. The van der Waals surface area contributed by atoms with Crippen LogP contribution in [0.1, 0.15) is 11.3 Å². The Labute approximate surface area is 139 Å². The Kier molecular flexibility index (Phi) is 4.33. The summed E-state index contributed by atoms with van der Waals surface area (Å²) >= 11 is 0. The Balaban J connectivity index is 1.96. The number of ether oxygens (including phenoxy) is 1. The van der Waals surface area contributed by atoms with Gasteiger partial charge < -0.3 is 15.2 Å². The molecule has 0 aliphatic heterocycles. The van der Waals surface area contributed by atoms with E-state index in [1.54, 1.807) is 7.11 Å². The van der Waals surface area contributed by atoms with E-state index in [2.05, 4.69) is 10.3 Å². The Morgan fingerprint density at radius 2 is 1.96 bits per heavy atom. The minimum Gasteiger partial charge on any atom is -0.494 e. The van der Waals surface area contributed by atoms with E-state index >= 15 is 0 Å². The molecule has 3 aromatic rings. The lowest BCUT2D eigenvalue weighted by Gasteiger charge is -2.13. The van der Waals surface area contributed by atoms with Crippen molar-refractivity contribution in [2.45, 2.75) is 13.3 Å². The summed E-state index contributed by atoms with van der Waals surface area (Å²) in [6.45, 7) is 1.94. The van der Waals surface area contributed by atoms with Gasteiger partial charge in [-0.3, -0.25) is 4.79 Å². The molecule has 0 spiro atoms. The second-order valence-electron chi connectivity index (χ2n) is 5.56. The molecule has 3 rings (SSSR count). The molecule has 1 aromatic heterocycles. The van der Waals surface area contributed by atoms with Crippen LogP contribution in [0, 0.1) is 6.92 Å². The smallest absolute Gasteiger partial charge is 0.307 e. The third-order valence-corrected chi connectivity index (χ3v) is 3.74. The summed E-state index contributed by atoms with van der Waals surface area (Å²) in [5.41, 5.74) is 4.29. The Bertz CT molecular complexity index is 889. The highest BCUT2D eigenvalue weighted by Crippen LogP contribution is 2.31. The van der Waals surface area contributed by atoms with Gasteiger partial charge in [0.2, 0.25) is 0 Å². The molecule has 2 aromatic carbocycles. The molecule has 0 radical (unpaired) electrons. The van der Waals surface area contributed by atoms with Gasteiger partial charge in [-0.1, -0.05) is 24.3 Å². The lowest BCUT2D eigenvalue weighted by molar-refractivity contribution is -0.136. The molecule has 0 bridgehead atoms. The van der Waals surface area contributed by atoms with Gasteiger partial charge in [0.1, 0.15) is 11.3 Å². The van der Waals surface area contributed by atoms with Crippen LogP contribution in [-0.2, 0) is 11.2 Å². The van der Waals surface area contributed by atoms with E-state index in [9.17, 15) is 4.79 Å². The molecule has 0 unspecified atom stereocenters. The van der Waals surface area contributed by atoms with Crippen LogP contribution in [0.3, 0.4) is 0 Å². The Morgan fingerprint density at radius 3 is 2.62 bits per heavy atom. The first-order valence-corrected chi connectivity index (χ1v) is 7.59. The Morgan fingerprint density at radius 1 is 1.21 bits per heavy atom. The summed E-state index contributed by atoms with van der Waals surface area (Å²) in [5, 5.41) is 13.2. The second-order valence-corrected chi connectivity index (χ2v) is 5.56. The molecule has 5 nitrogen and oxygen atoms in total. The van der Waals surface area contributed by atoms with Crippen molar-refractivity contribution < 1.29 is 14.6 Å². The van der Waals surface area contributed by atoms with E-state index < -0.39 is 5.97 Å². The maximum absolute atomic E-state index is 10.8. The summed E-state index contributed by atoms with van der Waals surface area (Å²) in [6, 6.07) is 15.2. The van der Waals surface area contributed by atoms with Crippen molar-refractivity contribution in [1.82, 2.24) is 4.98 Å². The first-order valence-electron chi connectivity index (χ1n) is 7.59. The maximum Gasteiger partial charge on any atom is 0.307 e. The first-order chi connectivity index (χ1) is 11.6. The fourth-order valence-electron chi connectivity index (χ4n) is 2.65. The molecule has 122 valence electrons. The quantitative estimate of drug-likeness (QED) is 0.745. The minimum atomic E-state index is -0.835. The molecule has 5 heteroatoms. The number of nitrogens with one attached hydrogen (secondary N) is 1. The molecule has 0 atom stereocenters. The van der Waals surface area contributed by atoms with Crippen molar-refractivity contribution in [3.05, 3.63) is 59.8 Å². The molecule has 0 saturated carbocycles. The standard InChI is InChI=1S/C19H18N2O3/c1-12-10-16(15-4-3-5-17(24-2)19(15)20-12)21-14-8-6-13(7-9-14)11-18(22)23/h3-10H,11H2,1-2H3,(H,20,21)(H,22,23). The van der Waals surface area contributed by atoms with Gasteiger partial charge in [-0.05, 0) is 36.8 Å². The third kappa shape index (κ3) is 3.30. The lowest BCUT2D eigenvalue weighted by Crippen LogP contribution is -2.00. The van der Waals surface area contributed by atoms with Crippen LogP contribution in [0.25, 0.3) is 10.9 Å². The van der Waals surface area contributed by atoms with Gasteiger partial charge in [0.25, 0.3) is 0 Å². The number of carboxylic acid groups (broad SMARTS) is 1. The zero-order chi connectivity index (χ0) is 17.1. The highest BCUT2D eigenvalue weighted by Gasteiger charge is 2.09. The van der Waals surface area contributed by atoms with Gasteiger partial charge in [0.15, 0.2) is 0 Å². The first kappa shape index (κ1) is 15.8. The maximum atomic E-state index is 10.8. The van der Waals surface area contributed by atoms with Crippen LogP contribution in [0.2, 0.25) is 0 Å². The average Bonchev–Trinajstić information content (AvgIpc) is 2.55. The largest absolute Gasteiger partial charge is 0.494 e. The number of aryl methyl sites for hydroxylation is 1. The number of benzene rings is 2. The van der Waals surface area contributed by atoms with Gasteiger partial charge in [-0.25, -0.2) is 4.98 Å². The fourth-order valence-corrected chi connectivity index (χ4v) is 2.65. The highest BCUT2D eigenvalue weighted by atomic mass is 16.5. The topological polar surface area (TPSA) is 71.5 Å². The van der Waals surface area contributed by atoms with Crippen molar-refractivity contribution in [3.63, 3.8) is 0 Å². The van der Waals surface area contributed by atoms with Crippen LogP contribution in [-0.4, -0.2) is 23.2 Å². The molecule has 0 aliphatic carbocycles. The summed E-state index contributed by atoms with van der Waals surface area (Å²) in [5.74, 6) is -0.102. The number of aliphatic carboxylic acids is 1. The summed E-state index contributed by atoms with van der Waals surface area (Å²) < 4.78 is 5.39. The predicted molar refractivity (Wildman–Crippen MR) is 94.1 cm³/mol. The predicted octanol–water partition coefficient (Wildman–Crippen LogP) is 3.92. The molecule has 0 amide bonds. The molecule has 24 heavy (non-hydrogen) atoms. The molecule has 1 heterocycles. The van der Waals surface area contributed by atoms with Crippen LogP contribution in [0.15, 0.2) is 48.5 Å². The van der Waals surface area contributed by atoms with Crippen molar-refractivity contribution in [2.24, 2.45) is 0 Å². The van der Waals surface area contributed by atoms with E-state index in [0.717, 1.165) is 39.3 Å². The van der Waals surface area contributed by atoms with Crippen molar-refractivity contribution in [1.29, 1.82) is 0 Å². The normalized spacial score (nSPS) is 10.6. The van der Waals surface area contributed by atoms with Crippen LogP contribution in [0.4, 0.5) is 11.4 Å². The number of hydrogen-bond donors (Lipinski definition) is 2. The number of carboxylic acids is 1. The average molecular weight is 322 g/mol. The number of rotatable bonds is 5. The SMILES string of the molecule is COc1cccc2c(Nc3ccc(CC(=O)O)cc3)cc(C)nc12. The zero-order valence-electron chi connectivity index (χ0n) is 13.5. The number of para-hydroxylation sites is 1. The van der Waals surface area contributed by atoms with E-state index in [4.69, 9.17) is 9.84 Å². The zero-order valence-corrected chi connectivity index (χ0v) is 13.5. The Hall–Kier alpha value is -3.08. The fraction of sp³-hybridized carbons (Fsp3) is 0.158. The highest BCUT2D eigenvalue weighted by molar-refractivity contribution is 5.96. The van der Waals surface area contributed by atoms with Crippen molar-refractivity contribution in [3.8, 4) is 5.75 Å². The van der Waals surface area contributed by atoms with Gasteiger partial charge >= 0.3 is 5.97 Å². The minimum absolute atomic E-state index is 0.0226. The van der Waals surface area contributed by atoms with Crippen molar-refractivity contribution in [2.75, 3.05) is 12.4 Å². The van der Waals surface area contributed by atoms with Crippen LogP contribution < -0.4 is 10.1 Å². The summed E-state index contributed by atoms with van der Waals surface area (Å²) in [7, 11) is 1.63. The third-order valence-electron chi connectivity index (χ3n) is 3.74. The van der Waals surface area contributed by atoms with E-state index in [0.29, 0.717) is 0 Å². The summed E-state index contributed by atoms with van der Waals surface area (Å²) in [4.78, 5) is 15.3. The van der Waals surface area contributed by atoms with E-state index in [1.807, 2.05) is 55.5 Å². The van der Waals surface area contributed by atoms with Crippen LogP contribution in [0.5, 0.6) is 5.75 Å². The van der Waals surface area contributed by atoms with Gasteiger partial charge in [0.05, 0.1) is 13.5 Å². The van der Waals surface area contributed by atoms with Gasteiger partial charge in [0, 0.05) is 22.5 Å². The second kappa shape index (κ2) is 6.58. The lowest BCUT2D eigenvalue weighted by atomic mass is 10.1. The number of methoxy groups -OCH3 is 1. The van der Waals surface area contributed by atoms with Crippen molar-refractivity contribution >= 4 is 28.2 Å². The van der Waals surface area contributed by atoms with Gasteiger partial charge in [-0.15, -0.1) is 0 Å². The molecular weight excluding hydrogens is 304 g/mol. The molecular formula is C19H18N2O3. The number of fused-ring (bicyclic) bond motifs is 1. The number of hydrogen-bond acceptors (Lipinski definition) is 4. The molecule has 2 N–H and O–H groups in total. The number of anilines is 2. The number of nitrogens with zero attached hydrogens (tertiary/aromatic N) is 1. The number of pyridine rings is 1.